The highest BCUT2D eigenvalue weighted by molar-refractivity contribution is 7.98. The molecule has 0 aromatic heterocycles. The first-order chi connectivity index (χ1) is 10.9. The largest absolute Gasteiger partial charge is 0.309 e. The Hall–Kier alpha value is -1.29. The molecule has 0 amide bonds. The molecular weight excluding hydrogens is 288 g/mol. The second-order valence-electron chi connectivity index (χ2n) is 5.78. The van der Waals surface area contributed by atoms with Crippen LogP contribution < -0.4 is 10.6 Å². The summed E-state index contributed by atoms with van der Waals surface area (Å²) in [5, 5.41) is 7.47. The van der Waals surface area contributed by atoms with Crippen molar-refractivity contribution in [3.8, 4) is 0 Å². The van der Waals surface area contributed by atoms with Gasteiger partial charge in [-0.15, -0.1) is 11.8 Å². The predicted molar refractivity (Wildman–Crippen MR) is 95.3 cm³/mol. The zero-order chi connectivity index (χ0) is 15.2. The summed E-state index contributed by atoms with van der Waals surface area (Å²) < 4.78 is 0. The molecule has 1 heterocycles. The van der Waals surface area contributed by atoms with Gasteiger partial charge in [-0.3, -0.25) is 0 Å². The molecule has 1 aliphatic rings. The summed E-state index contributed by atoms with van der Waals surface area (Å²) >= 11 is 1.82. The molecule has 0 radical (unpaired) electrons. The lowest BCUT2D eigenvalue weighted by Crippen LogP contribution is -2.45. The fourth-order valence-corrected chi connectivity index (χ4v) is 3.83. The van der Waals surface area contributed by atoms with Crippen LogP contribution in [0.1, 0.15) is 30.0 Å². The van der Waals surface area contributed by atoms with Gasteiger partial charge in [0.2, 0.25) is 0 Å². The summed E-state index contributed by atoms with van der Waals surface area (Å²) in [6.45, 7) is 2.05. The lowest BCUT2D eigenvalue weighted by molar-refractivity contribution is 0.304. The highest BCUT2D eigenvalue weighted by Gasteiger charge is 2.25. The minimum atomic E-state index is 0.413. The minimum absolute atomic E-state index is 0.413. The number of hydrogen-bond acceptors (Lipinski definition) is 3. The number of rotatable bonds is 5. The Morgan fingerprint density at radius 1 is 1.09 bits per heavy atom. The lowest BCUT2D eigenvalue weighted by Gasteiger charge is -2.34. The molecular formula is C19H24N2S. The quantitative estimate of drug-likeness (QED) is 0.816. The van der Waals surface area contributed by atoms with Gasteiger partial charge in [-0.05, 0) is 42.8 Å². The number of piperidine rings is 1. The van der Waals surface area contributed by atoms with Crippen LogP contribution in [0.25, 0.3) is 0 Å². The molecule has 0 aliphatic carbocycles. The fourth-order valence-electron chi connectivity index (χ4n) is 3.21. The minimum Gasteiger partial charge on any atom is -0.309 e. The number of nitrogens with one attached hydrogen (secondary N) is 2. The Bertz CT molecular complexity index is 585. The maximum atomic E-state index is 3.79. The molecule has 1 saturated heterocycles. The smallest absolute Gasteiger partial charge is 0.0476 e. The Morgan fingerprint density at radius 2 is 1.86 bits per heavy atom. The molecule has 0 saturated carbocycles. The highest BCUT2D eigenvalue weighted by atomic mass is 32.2. The van der Waals surface area contributed by atoms with Crippen molar-refractivity contribution in [1.29, 1.82) is 0 Å². The zero-order valence-electron chi connectivity index (χ0n) is 13.1. The molecule has 22 heavy (non-hydrogen) atoms. The van der Waals surface area contributed by atoms with Gasteiger partial charge in [0, 0.05) is 23.5 Å². The van der Waals surface area contributed by atoms with Gasteiger partial charge >= 0.3 is 0 Å². The third kappa shape index (κ3) is 3.72. The molecule has 2 N–H and O–H groups in total. The maximum absolute atomic E-state index is 3.79. The van der Waals surface area contributed by atoms with E-state index in [1.54, 1.807) is 0 Å². The summed E-state index contributed by atoms with van der Waals surface area (Å²) in [5.74, 6) is 0. The van der Waals surface area contributed by atoms with Crippen molar-refractivity contribution >= 4 is 11.8 Å². The van der Waals surface area contributed by atoms with Gasteiger partial charge in [-0.1, -0.05) is 48.5 Å². The van der Waals surface area contributed by atoms with Crippen LogP contribution in [0, 0.1) is 0 Å². The summed E-state index contributed by atoms with van der Waals surface area (Å²) in [7, 11) is 0. The molecule has 0 spiro atoms. The Kier molecular flexibility index (Phi) is 5.54. The summed E-state index contributed by atoms with van der Waals surface area (Å²) in [5.41, 5.74) is 2.78. The van der Waals surface area contributed by atoms with Crippen molar-refractivity contribution in [2.45, 2.75) is 36.4 Å². The van der Waals surface area contributed by atoms with Crippen LogP contribution in [0.4, 0.5) is 0 Å². The van der Waals surface area contributed by atoms with E-state index in [1.165, 1.54) is 28.9 Å². The van der Waals surface area contributed by atoms with Crippen molar-refractivity contribution in [3.05, 3.63) is 65.7 Å². The molecule has 1 fully saturated rings. The van der Waals surface area contributed by atoms with E-state index in [-0.39, 0.29) is 0 Å². The van der Waals surface area contributed by atoms with E-state index < -0.39 is 0 Å². The van der Waals surface area contributed by atoms with E-state index >= 15 is 0 Å². The molecule has 1 aliphatic heterocycles. The van der Waals surface area contributed by atoms with E-state index in [0.29, 0.717) is 12.1 Å². The number of thioether (sulfide) groups is 1. The summed E-state index contributed by atoms with van der Waals surface area (Å²) in [4.78, 5) is 1.37. The molecule has 0 unspecified atom stereocenters. The van der Waals surface area contributed by atoms with Crippen molar-refractivity contribution in [1.82, 2.24) is 10.6 Å². The predicted octanol–water partition coefficient (Wildman–Crippen LogP) is 3.99. The number of hydrogen-bond donors (Lipinski definition) is 2. The maximum Gasteiger partial charge on any atom is 0.0476 e. The molecule has 2 aromatic carbocycles. The molecule has 2 atom stereocenters. The van der Waals surface area contributed by atoms with Crippen LogP contribution in [-0.2, 0) is 6.54 Å². The van der Waals surface area contributed by atoms with Gasteiger partial charge in [-0.2, -0.15) is 0 Å². The molecule has 3 heteroatoms. The van der Waals surface area contributed by atoms with Crippen LogP contribution in [0.2, 0.25) is 0 Å². The first-order valence-electron chi connectivity index (χ1n) is 8.02. The van der Waals surface area contributed by atoms with Gasteiger partial charge in [0.15, 0.2) is 0 Å². The molecule has 0 bridgehead atoms. The Morgan fingerprint density at radius 3 is 2.68 bits per heavy atom. The van der Waals surface area contributed by atoms with Crippen molar-refractivity contribution < 1.29 is 0 Å². The van der Waals surface area contributed by atoms with Crippen LogP contribution in [-0.4, -0.2) is 18.8 Å². The van der Waals surface area contributed by atoms with Crippen LogP contribution in [0.3, 0.4) is 0 Å². The summed E-state index contributed by atoms with van der Waals surface area (Å²) in [6.07, 6.45) is 4.62. The van der Waals surface area contributed by atoms with E-state index in [4.69, 9.17) is 0 Å². The van der Waals surface area contributed by atoms with E-state index in [0.717, 1.165) is 13.1 Å². The normalized spacial score (nSPS) is 21.7. The monoisotopic (exact) mass is 312 g/mol. The SMILES string of the molecule is CSc1ccccc1CN[C@@H]1CCCN[C@@H]1c1ccccc1. The lowest BCUT2D eigenvalue weighted by atomic mass is 9.92. The van der Waals surface area contributed by atoms with Crippen molar-refractivity contribution in [2.24, 2.45) is 0 Å². The molecule has 2 nitrogen and oxygen atoms in total. The van der Waals surface area contributed by atoms with Crippen LogP contribution in [0.15, 0.2) is 59.5 Å². The van der Waals surface area contributed by atoms with Crippen LogP contribution in [0.5, 0.6) is 0 Å². The van der Waals surface area contributed by atoms with E-state index in [1.807, 2.05) is 11.8 Å². The first kappa shape index (κ1) is 15.6. The third-order valence-electron chi connectivity index (χ3n) is 4.36. The van der Waals surface area contributed by atoms with Gasteiger partial charge < -0.3 is 10.6 Å². The van der Waals surface area contributed by atoms with Gasteiger partial charge in [-0.25, -0.2) is 0 Å². The van der Waals surface area contributed by atoms with Crippen LogP contribution >= 0.6 is 11.8 Å². The second kappa shape index (κ2) is 7.82. The highest BCUT2D eigenvalue weighted by Crippen LogP contribution is 2.25. The van der Waals surface area contributed by atoms with Crippen molar-refractivity contribution in [3.63, 3.8) is 0 Å². The standard InChI is InChI=1S/C19H24N2S/c1-22-18-12-6-5-10-16(18)14-21-17-11-7-13-20-19(17)15-8-3-2-4-9-15/h2-6,8-10,12,17,19-21H,7,11,13-14H2,1H3/t17-,19-/m1/s1. The number of benzene rings is 2. The Balaban J connectivity index is 1.69. The summed E-state index contributed by atoms with van der Waals surface area (Å²) in [6, 6.07) is 20.4. The fraction of sp³-hybridized carbons (Fsp3) is 0.368. The van der Waals surface area contributed by atoms with Crippen molar-refractivity contribution in [2.75, 3.05) is 12.8 Å². The average Bonchev–Trinajstić information content (AvgIpc) is 2.61. The molecule has 2 aromatic rings. The zero-order valence-corrected chi connectivity index (χ0v) is 13.9. The van der Waals surface area contributed by atoms with E-state index in [2.05, 4.69) is 71.5 Å². The average molecular weight is 312 g/mol. The third-order valence-corrected chi connectivity index (χ3v) is 5.20. The van der Waals surface area contributed by atoms with E-state index in [9.17, 15) is 0 Å². The van der Waals surface area contributed by atoms with Gasteiger partial charge in [0.1, 0.15) is 0 Å². The second-order valence-corrected chi connectivity index (χ2v) is 6.63. The molecule has 116 valence electrons. The van der Waals surface area contributed by atoms with Gasteiger partial charge in [0.05, 0.1) is 0 Å². The molecule has 3 rings (SSSR count). The first-order valence-corrected chi connectivity index (χ1v) is 9.24. The Labute approximate surface area is 137 Å². The topological polar surface area (TPSA) is 24.1 Å². The van der Waals surface area contributed by atoms with Gasteiger partial charge in [0.25, 0.3) is 0 Å².